The van der Waals surface area contributed by atoms with Gasteiger partial charge in [-0.15, -0.1) is 0 Å². The molecule has 0 aromatic carbocycles. The fraction of sp³-hybridized carbons (Fsp3) is 0.917. The summed E-state index contributed by atoms with van der Waals surface area (Å²) in [5, 5.41) is 0. The third-order valence-electron chi connectivity index (χ3n) is 2.77. The van der Waals surface area contributed by atoms with Gasteiger partial charge in [-0.3, -0.25) is 4.18 Å². The molecule has 112 valence electrons. The van der Waals surface area contributed by atoms with Crippen LogP contribution in [0.3, 0.4) is 0 Å². The van der Waals surface area contributed by atoms with Crippen LogP contribution in [0.4, 0.5) is 4.79 Å². The minimum absolute atomic E-state index is 0.102. The number of carbonyl (C=O) groups excluding carboxylic acids is 1. The fourth-order valence-corrected chi connectivity index (χ4v) is 2.72. The third-order valence-corrected chi connectivity index (χ3v) is 3.39. The molecule has 6 nitrogen and oxygen atoms in total. The Balaban J connectivity index is 2.57. The summed E-state index contributed by atoms with van der Waals surface area (Å²) in [6.45, 7) is 7.75. The zero-order valence-corrected chi connectivity index (χ0v) is 13.0. The normalized spacial score (nSPS) is 25.2. The first-order valence-electron chi connectivity index (χ1n) is 6.36. The second kappa shape index (κ2) is 5.66. The van der Waals surface area contributed by atoms with E-state index in [0.29, 0.717) is 19.4 Å². The number of nitrogens with zero attached hydrogens (tertiary/aromatic N) is 1. The summed E-state index contributed by atoms with van der Waals surface area (Å²) in [6.07, 6.45) is 1.31. The summed E-state index contributed by atoms with van der Waals surface area (Å²) in [6, 6.07) is -0.102. The van der Waals surface area contributed by atoms with E-state index in [4.69, 9.17) is 8.92 Å². The molecule has 1 saturated heterocycles. The van der Waals surface area contributed by atoms with E-state index in [1.807, 2.05) is 27.7 Å². The molecule has 1 fully saturated rings. The van der Waals surface area contributed by atoms with Gasteiger partial charge in [0.15, 0.2) is 0 Å². The monoisotopic (exact) mass is 293 g/mol. The van der Waals surface area contributed by atoms with Gasteiger partial charge in [0.25, 0.3) is 10.1 Å². The van der Waals surface area contributed by atoms with Gasteiger partial charge in [0.05, 0.1) is 12.4 Å². The molecule has 1 aliphatic rings. The summed E-state index contributed by atoms with van der Waals surface area (Å²) in [7, 11) is -3.45. The van der Waals surface area contributed by atoms with Crippen LogP contribution in [0.25, 0.3) is 0 Å². The van der Waals surface area contributed by atoms with Gasteiger partial charge in [-0.05, 0) is 40.5 Å². The van der Waals surface area contributed by atoms with Crippen LogP contribution in [0.5, 0.6) is 0 Å². The summed E-state index contributed by atoms with van der Waals surface area (Å²) in [5.41, 5.74) is -0.531. The molecule has 1 aliphatic heterocycles. The predicted octanol–water partition coefficient (Wildman–Crippen LogP) is 1.75. The van der Waals surface area contributed by atoms with Crippen LogP contribution < -0.4 is 0 Å². The number of ether oxygens (including phenoxy) is 1. The Kier molecular flexibility index (Phi) is 4.84. The van der Waals surface area contributed by atoms with Crippen molar-refractivity contribution >= 4 is 16.2 Å². The number of likely N-dealkylation sites (tertiary alicyclic amines) is 1. The first-order chi connectivity index (χ1) is 8.48. The van der Waals surface area contributed by atoms with Crippen LogP contribution in [-0.4, -0.2) is 50.0 Å². The molecule has 0 aromatic rings. The maximum atomic E-state index is 12.0. The number of hydrogen-bond donors (Lipinski definition) is 0. The van der Waals surface area contributed by atoms with Gasteiger partial charge in [-0.1, -0.05) is 0 Å². The average molecular weight is 293 g/mol. The molecule has 0 saturated carbocycles. The zero-order chi connectivity index (χ0) is 14.8. The molecule has 2 atom stereocenters. The van der Waals surface area contributed by atoms with E-state index in [2.05, 4.69) is 0 Å². The van der Waals surface area contributed by atoms with Crippen molar-refractivity contribution in [3.05, 3.63) is 0 Å². The highest BCUT2D eigenvalue weighted by molar-refractivity contribution is 7.86. The van der Waals surface area contributed by atoms with Crippen molar-refractivity contribution in [1.82, 2.24) is 4.90 Å². The van der Waals surface area contributed by atoms with Gasteiger partial charge < -0.3 is 9.64 Å². The summed E-state index contributed by atoms with van der Waals surface area (Å²) in [5.74, 6) is 0. The summed E-state index contributed by atoms with van der Waals surface area (Å²) in [4.78, 5) is 13.6. The lowest BCUT2D eigenvalue weighted by Gasteiger charge is -2.37. The molecule has 0 aliphatic carbocycles. The van der Waals surface area contributed by atoms with Gasteiger partial charge in [0.1, 0.15) is 5.60 Å². The molecular weight excluding hydrogens is 270 g/mol. The average Bonchev–Trinajstić information content (AvgIpc) is 2.11. The molecule has 0 N–H and O–H groups in total. The number of hydrogen-bond acceptors (Lipinski definition) is 5. The first kappa shape index (κ1) is 16.2. The Hall–Kier alpha value is -0.820. The van der Waals surface area contributed by atoms with Crippen LogP contribution in [-0.2, 0) is 19.0 Å². The van der Waals surface area contributed by atoms with Crippen molar-refractivity contribution in [2.75, 3.05) is 12.8 Å². The zero-order valence-electron chi connectivity index (χ0n) is 12.2. The van der Waals surface area contributed by atoms with Gasteiger partial charge in [0, 0.05) is 12.6 Å². The fourth-order valence-electron chi connectivity index (χ4n) is 2.06. The topological polar surface area (TPSA) is 72.9 Å². The van der Waals surface area contributed by atoms with Crippen LogP contribution in [0.15, 0.2) is 0 Å². The summed E-state index contributed by atoms with van der Waals surface area (Å²) >= 11 is 0. The lowest BCUT2D eigenvalue weighted by molar-refractivity contribution is -0.0000352. The Morgan fingerprint density at radius 2 is 1.89 bits per heavy atom. The predicted molar refractivity (Wildman–Crippen MR) is 71.4 cm³/mol. The lowest BCUT2D eigenvalue weighted by Crippen LogP contribution is -2.48. The minimum Gasteiger partial charge on any atom is -0.444 e. The Labute approximate surface area is 115 Å². The van der Waals surface area contributed by atoms with E-state index in [-0.39, 0.29) is 18.2 Å². The maximum Gasteiger partial charge on any atom is 0.410 e. The standard InChI is InChI=1S/C12H23NO5S/c1-9-8-10(18-19(5,15)16)6-7-13(9)11(14)17-12(2,3)4/h9-10H,6-8H2,1-5H3/t9-,10?/m0/s1. The molecule has 0 radical (unpaired) electrons. The number of amides is 1. The van der Waals surface area contributed by atoms with Crippen LogP contribution in [0.2, 0.25) is 0 Å². The van der Waals surface area contributed by atoms with E-state index in [1.54, 1.807) is 4.90 Å². The molecule has 0 spiro atoms. The number of piperidine rings is 1. The van der Waals surface area contributed by atoms with E-state index < -0.39 is 15.7 Å². The third kappa shape index (κ3) is 5.78. The van der Waals surface area contributed by atoms with Crippen LogP contribution in [0, 0.1) is 0 Å². The van der Waals surface area contributed by atoms with E-state index in [0.717, 1.165) is 6.26 Å². The second-order valence-corrected chi connectivity index (χ2v) is 7.57. The van der Waals surface area contributed by atoms with E-state index in [1.165, 1.54) is 0 Å². The highest BCUT2D eigenvalue weighted by Gasteiger charge is 2.33. The van der Waals surface area contributed by atoms with E-state index >= 15 is 0 Å². The molecule has 19 heavy (non-hydrogen) atoms. The number of rotatable bonds is 2. The van der Waals surface area contributed by atoms with Gasteiger partial charge in [-0.2, -0.15) is 8.42 Å². The quantitative estimate of drug-likeness (QED) is 0.725. The second-order valence-electron chi connectivity index (χ2n) is 5.97. The largest absolute Gasteiger partial charge is 0.444 e. The molecule has 1 amide bonds. The van der Waals surface area contributed by atoms with Crippen molar-refractivity contribution in [3.8, 4) is 0 Å². The van der Waals surface area contributed by atoms with Gasteiger partial charge >= 0.3 is 6.09 Å². The highest BCUT2D eigenvalue weighted by Crippen LogP contribution is 2.23. The van der Waals surface area contributed by atoms with Crippen molar-refractivity contribution < 1.29 is 22.1 Å². The first-order valence-corrected chi connectivity index (χ1v) is 8.17. The lowest BCUT2D eigenvalue weighted by atomic mass is 10.0. The SMILES string of the molecule is C[C@H]1CC(OS(C)(=O)=O)CCN1C(=O)OC(C)(C)C. The molecule has 1 rings (SSSR count). The van der Waals surface area contributed by atoms with Crippen molar-refractivity contribution in [1.29, 1.82) is 0 Å². The summed E-state index contributed by atoms with van der Waals surface area (Å²) < 4.78 is 32.4. The Morgan fingerprint density at radius 1 is 1.32 bits per heavy atom. The molecule has 7 heteroatoms. The van der Waals surface area contributed by atoms with Gasteiger partial charge in [0.2, 0.25) is 0 Å². The smallest absolute Gasteiger partial charge is 0.410 e. The highest BCUT2D eigenvalue weighted by atomic mass is 32.2. The van der Waals surface area contributed by atoms with Crippen LogP contribution in [0.1, 0.15) is 40.5 Å². The molecule has 1 unspecified atom stereocenters. The van der Waals surface area contributed by atoms with Crippen molar-refractivity contribution in [2.45, 2.75) is 58.3 Å². The Bertz CT molecular complexity index is 426. The van der Waals surface area contributed by atoms with Gasteiger partial charge in [-0.25, -0.2) is 4.79 Å². The van der Waals surface area contributed by atoms with E-state index in [9.17, 15) is 13.2 Å². The molecule has 0 aromatic heterocycles. The molecule has 1 heterocycles. The number of carbonyl (C=O) groups is 1. The van der Waals surface area contributed by atoms with Crippen LogP contribution >= 0.6 is 0 Å². The Morgan fingerprint density at radius 3 is 2.32 bits per heavy atom. The molecule has 0 bridgehead atoms. The minimum atomic E-state index is -3.45. The van der Waals surface area contributed by atoms with Crippen molar-refractivity contribution in [3.63, 3.8) is 0 Å². The molecular formula is C12H23NO5S. The van der Waals surface area contributed by atoms with Crippen molar-refractivity contribution in [2.24, 2.45) is 0 Å². The maximum absolute atomic E-state index is 12.0.